The number of aryl methyl sites for hydroxylation is 1. The van der Waals surface area contributed by atoms with E-state index in [-0.39, 0.29) is 0 Å². The third kappa shape index (κ3) is 2.35. The van der Waals surface area contributed by atoms with Crippen LogP contribution in [0.25, 0.3) is 0 Å². The number of nitrogens with zero attached hydrogens (tertiary/aromatic N) is 1. The predicted molar refractivity (Wildman–Crippen MR) is 60.4 cm³/mol. The van der Waals surface area contributed by atoms with Gasteiger partial charge in [0.15, 0.2) is 0 Å². The molecule has 0 aliphatic heterocycles. The molecule has 2 rings (SSSR count). The van der Waals surface area contributed by atoms with E-state index in [1.807, 2.05) is 37.4 Å². The van der Waals surface area contributed by atoms with Crippen LogP contribution >= 0.6 is 0 Å². The van der Waals surface area contributed by atoms with Crippen molar-refractivity contribution < 1.29 is 0 Å². The van der Waals surface area contributed by atoms with Gasteiger partial charge in [-0.2, -0.15) is 0 Å². The minimum atomic E-state index is 0.867. The molecule has 78 valence electrons. The number of benzene rings is 1. The van der Waals surface area contributed by atoms with Gasteiger partial charge in [0, 0.05) is 24.0 Å². The number of hydrogen-bond donors (Lipinski definition) is 3. The zero-order valence-electron chi connectivity index (χ0n) is 8.62. The molecule has 4 heteroatoms. The first-order valence-electron chi connectivity index (χ1n) is 4.84. The fourth-order valence-electron chi connectivity index (χ4n) is 1.50. The lowest BCUT2D eigenvalue weighted by atomic mass is 10.1. The van der Waals surface area contributed by atoms with E-state index in [0.717, 1.165) is 23.6 Å². The van der Waals surface area contributed by atoms with Crippen LogP contribution in [0.15, 0.2) is 30.5 Å². The highest BCUT2D eigenvalue weighted by Gasteiger charge is 1.99. The second kappa shape index (κ2) is 4.14. The van der Waals surface area contributed by atoms with Crippen LogP contribution in [0.3, 0.4) is 0 Å². The van der Waals surface area contributed by atoms with Gasteiger partial charge in [-0.1, -0.05) is 12.1 Å². The molecule has 0 radical (unpaired) electrons. The monoisotopic (exact) mass is 202 g/mol. The Morgan fingerprint density at radius 3 is 2.60 bits per heavy atom. The molecule has 0 fully saturated rings. The van der Waals surface area contributed by atoms with Gasteiger partial charge >= 0.3 is 0 Å². The van der Waals surface area contributed by atoms with Gasteiger partial charge in [-0.15, -0.1) is 0 Å². The second-order valence-corrected chi connectivity index (χ2v) is 3.51. The highest BCUT2D eigenvalue weighted by Crippen LogP contribution is 2.11. The number of imidazole rings is 1. The first-order chi connectivity index (χ1) is 7.28. The maximum Gasteiger partial charge on any atom is 0.103 e. The molecule has 1 aromatic heterocycles. The Morgan fingerprint density at radius 1 is 1.33 bits per heavy atom. The van der Waals surface area contributed by atoms with E-state index in [4.69, 9.17) is 5.84 Å². The second-order valence-electron chi connectivity index (χ2n) is 3.51. The molecule has 2 aromatic rings. The highest BCUT2D eigenvalue weighted by molar-refractivity contribution is 5.43. The Hall–Kier alpha value is -1.81. The van der Waals surface area contributed by atoms with Gasteiger partial charge in [0.05, 0.1) is 0 Å². The van der Waals surface area contributed by atoms with E-state index in [1.165, 1.54) is 5.56 Å². The minimum Gasteiger partial charge on any atom is -0.346 e. The summed E-state index contributed by atoms with van der Waals surface area (Å²) in [7, 11) is 0. The SMILES string of the molecule is Cc1ncc(Cc2ccc(NN)cc2)[nH]1. The third-order valence-corrected chi connectivity index (χ3v) is 2.27. The predicted octanol–water partition coefficient (Wildman–Crippen LogP) is 1.59. The van der Waals surface area contributed by atoms with E-state index in [1.54, 1.807) is 0 Å². The molecule has 15 heavy (non-hydrogen) atoms. The van der Waals surface area contributed by atoms with E-state index < -0.39 is 0 Å². The molecule has 0 aliphatic carbocycles. The summed E-state index contributed by atoms with van der Waals surface area (Å²) >= 11 is 0. The summed E-state index contributed by atoms with van der Waals surface area (Å²) in [6.07, 6.45) is 2.73. The molecule has 1 aromatic carbocycles. The zero-order chi connectivity index (χ0) is 10.7. The zero-order valence-corrected chi connectivity index (χ0v) is 8.62. The van der Waals surface area contributed by atoms with Crippen molar-refractivity contribution in [3.05, 3.63) is 47.5 Å². The summed E-state index contributed by atoms with van der Waals surface area (Å²) in [6, 6.07) is 8.01. The first kappa shape index (κ1) is 9.73. The summed E-state index contributed by atoms with van der Waals surface area (Å²) < 4.78 is 0. The van der Waals surface area contributed by atoms with Gasteiger partial charge in [0.1, 0.15) is 5.82 Å². The smallest absolute Gasteiger partial charge is 0.103 e. The van der Waals surface area contributed by atoms with Crippen molar-refractivity contribution in [3.63, 3.8) is 0 Å². The fourth-order valence-corrected chi connectivity index (χ4v) is 1.50. The quantitative estimate of drug-likeness (QED) is 0.523. The Morgan fingerprint density at radius 2 is 2.07 bits per heavy atom. The van der Waals surface area contributed by atoms with Crippen LogP contribution in [-0.4, -0.2) is 9.97 Å². The van der Waals surface area contributed by atoms with Crippen molar-refractivity contribution in [1.82, 2.24) is 9.97 Å². The largest absolute Gasteiger partial charge is 0.346 e. The maximum absolute atomic E-state index is 5.29. The highest BCUT2D eigenvalue weighted by atomic mass is 15.2. The van der Waals surface area contributed by atoms with E-state index in [9.17, 15) is 0 Å². The van der Waals surface area contributed by atoms with Gasteiger partial charge in [0.2, 0.25) is 0 Å². The summed E-state index contributed by atoms with van der Waals surface area (Å²) in [6.45, 7) is 1.95. The molecule has 0 aliphatic rings. The summed E-state index contributed by atoms with van der Waals surface area (Å²) in [5, 5.41) is 0. The Bertz CT molecular complexity index is 430. The van der Waals surface area contributed by atoms with Crippen molar-refractivity contribution >= 4 is 5.69 Å². The number of rotatable bonds is 3. The lowest BCUT2D eigenvalue weighted by Gasteiger charge is -2.01. The van der Waals surface area contributed by atoms with Crippen LogP contribution in [0.1, 0.15) is 17.1 Å². The number of nitrogen functional groups attached to an aromatic ring is 1. The van der Waals surface area contributed by atoms with Crippen molar-refractivity contribution in [3.8, 4) is 0 Å². The van der Waals surface area contributed by atoms with E-state index >= 15 is 0 Å². The van der Waals surface area contributed by atoms with Gasteiger partial charge in [-0.25, -0.2) is 4.98 Å². The summed E-state index contributed by atoms with van der Waals surface area (Å²) in [5.74, 6) is 6.24. The number of aromatic nitrogens is 2. The van der Waals surface area contributed by atoms with Crippen LogP contribution < -0.4 is 11.3 Å². The lowest BCUT2D eigenvalue weighted by molar-refractivity contribution is 1.07. The normalized spacial score (nSPS) is 10.3. The molecule has 0 saturated carbocycles. The molecular formula is C11H14N4. The number of hydrogen-bond acceptors (Lipinski definition) is 3. The molecule has 0 unspecified atom stereocenters. The van der Waals surface area contributed by atoms with Gasteiger partial charge in [-0.3, -0.25) is 5.84 Å². The molecule has 1 heterocycles. The molecular weight excluding hydrogens is 188 g/mol. The molecule has 0 saturated heterocycles. The summed E-state index contributed by atoms with van der Waals surface area (Å²) in [4.78, 5) is 7.36. The molecule has 4 N–H and O–H groups in total. The number of nitrogens with two attached hydrogens (primary N) is 1. The molecule has 4 nitrogen and oxygen atoms in total. The van der Waals surface area contributed by atoms with E-state index in [0.29, 0.717) is 0 Å². The maximum atomic E-state index is 5.29. The average molecular weight is 202 g/mol. The van der Waals surface area contributed by atoms with Crippen LogP contribution in [-0.2, 0) is 6.42 Å². The summed E-state index contributed by atoms with van der Waals surface area (Å²) in [5.41, 5.74) is 5.88. The minimum absolute atomic E-state index is 0.867. The van der Waals surface area contributed by atoms with Crippen LogP contribution in [0.4, 0.5) is 5.69 Å². The number of nitrogens with one attached hydrogen (secondary N) is 2. The van der Waals surface area contributed by atoms with Crippen molar-refractivity contribution in [2.45, 2.75) is 13.3 Å². The molecule has 0 spiro atoms. The lowest BCUT2D eigenvalue weighted by Crippen LogP contribution is -2.06. The van der Waals surface area contributed by atoms with Crippen molar-refractivity contribution in [2.75, 3.05) is 5.43 Å². The van der Waals surface area contributed by atoms with Crippen LogP contribution in [0, 0.1) is 6.92 Å². The Balaban J connectivity index is 2.11. The van der Waals surface area contributed by atoms with E-state index in [2.05, 4.69) is 15.4 Å². The number of aromatic amines is 1. The van der Waals surface area contributed by atoms with Gasteiger partial charge in [0.25, 0.3) is 0 Å². The van der Waals surface area contributed by atoms with Crippen molar-refractivity contribution in [2.24, 2.45) is 5.84 Å². The molecule has 0 amide bonds. The topological polar surface area (TPSA) is 66.7 Å². The van der Waals surface area contributed by atoms with Crippen LogP contribution in [0.5, 0.6) is 0 Å². The molecule has 0 atom stereocenters. The van der Waals surface area contributed by atoms with Gasteiger partial charge in [-0.05, 0) is 24.6 Å². The first-order valence-corrected chi connectivity index (χ1v) is 4.84. The number of hydrazine groups is 1. The Labute approximate surface area is 88.5 Å². The fraction of sp³-hybridized carbons (Fsp3) is 0.182. The standard InChI is InChI=1S/C11H14N4/c1-8-13-7-11(14-8)6-9-2-4-10(15-12)5-3-9/h2-5,7,15H,6,12H2,1H3,(H,13,14). The number of H-pyrrole nitrogens is 1. The molecule has 0 bridgehead atoms. The third-order valence-electron chi connectivity index (χ3n) is 2.27. The van der Waals surface area contributed by atoms with Gasteiger partial charge < -0.3 is 10.4 Å². The van der Waals surface area contributed by atoms with Crippen LogP contribution in [0.2, 0.25) is 0 Å². The van der Waals surface area contributed by atoms with Crippen molar-refractivity contribution in [1.29, 1.82) is 0 Å². The average Bonchev–Trinajstić information content (AvgIpc) is 2.65. The number of anilines is 1. The Kier molecular flexibility index (Phi) is 2.69.